The minimum absolute atomic E-state index is 0.119. The van der Waals surface area contributed by atoms with E-state index in [2.05, 4.69) is 20.6 Å². The Bertz CT molecular complexity index is 490. The van der Waals surface area contributed by atoms with Crippen molar-refractivity contribution in [2.75, 3.05) is 37.8 Å². The van der Waals surface area contributed by atoms with E-state index in [1.165, 1.54) is 6.20 Å². The van der Waals surface area contributed by atoms with E-state index in [-0.39, 0.29) is 17.0 Å². The van der Waals surface area contributed by atoms with Gasteiger partial charge in [-0.1, -0.05) is 6.92 Å². The maximum absolute atomic E-state index is 11.1. The van der Waals surface area contributed by atoms with E-state index in [9.17, 15) is 10.1 Å². The zero-order chi connectivity index (χ0) is 16.0. The Morgan fingerprint density at radius 3 is 2.57 bits per heavy atom. The molecule has 0 aliphatic heterocycles. The van der Waals surface area contributed by atoms with Crippen LogP contribution in [0.1, 0.15) is 27.2 Å². The summed E-state index contributed by atoms with van der Waals surface area (Å²) in [5.74, 6) is 0.635. The number of rotatable bonds is 8. The summed E-state index contributed by atoms with van der Waals surface area (Å²) in [5.41, 5.74) is -0.276. The standard InChI is InChI=1S/C13H24N6O2/c1-6-7-14-12-15-8-10(19(20)21)11(17-12)16-9-13(2,3)18(4)5/h8H,6-7,9H2,1-5H3,(H2,14,15,16,17). The van der Waals surface area contributed by atoms with Gasteiger partial charge in [-0.3, -0.25) is 10.1 Å². The summed E-state index contributed by atoms with van der Waals surface area (Å²) in [5, 5.41) is 17.1. The summed E-state index contributed by atoms with van der Waals surface area (Å²) in [6, 6.07) is 0. The normalized spacial score (nSPS) is 11.5. The predicted octanol–water partition coefficient (Wildman–Crippen LogP) is 1.96. The quantitative estimate of drug-likeness (QED) is 0.559. The molecule has 0 atom stereocenters. The summed E-state index contributed by atoms with van der Waals surface area (Å²) < 4.78 is 0. The van der Waals surface area contributed by atoms with E-state index < -0.39 is 4.92 Å². The molecule has 0 bridgehead atoms. The van der Waals surface area contributed by atoms with Crippen molar-refractivity contribution in [2.45, 2.75) is 32.7 Å². The number of nitrogens with zero attached hydrogens (tertiary/aromatic N) is 4. The first kappa shape index (κ1) is 17.1. The average Bonchev–Trinajstić information content (AvgIpc) is 2.42. The molecule has 118 valence electrons. The van der Waals surface area contributed by atoms with Crippen LogP contribution >= 0.6 is 0 Å². The lowest BCUT2D eigenvalue weighted by Crippen LogP contribution is -2.44. The molecular formula is C13H24N6O2. The van der Waals surface area contributed by atoms with E-state index in [1.54, 1.807) is 0 Å². The van der Waals surface area contributed by atoms with Crippen LogP contribution in [0.4, 0.5) is 17.5 Å². The number of hydrogen-bond acceptors (Lipinski definition) is 7. The molecule has 1 heterocycles. The summed E-state index contributed by atoms with van der Waals surface area (Å²) in [4.78, 5) is 20.8. The minimum atomic E-state index is -0.478. The maximum Gasteiger partial charge on any atom is 0.329 e. The SMILES string of the molecule is CCCNc1ncc([N+](=O)[O-])c(NCC(C)(C)N(C)C)n1. The van der Waals surface area contributed by atoms with E-state index in [0.29, 0.717) is 12.5 Å². The van der Waals surface area contributed by atoms with Gasteiger partial charge in [0.2, 0.25) is 11.8 Å². The van der Waals surface area contributed by atoms with Gasteiger partial charge in [-0.15, -0.1) is 0 Å². The van der Waals surface area contributed by atoms with Gasteiger partial charge in [0.05, 0.1) is 4.92 Å². The van der Waals surface area contributed by atoms with Gasteiger partial charge in [0.1, 0.15) is 6.20 Å². The van der Waals surface area contributed by atoms with Gasteiger partial charge in [-0.25, -0.2) is 4.98 Å². The average molecular weight is 296 g/mol. The van der Waals surface area contributed by atoms with Crippen molar-refractivity contribution >= 4 is 17.5 Å². The Morgan fingerprint density at radius 1 is 1.38 bits per heavy atom. The highest BCUT2D eigenvalue weighted by atomic mass is 16.6. The molecule has 8 heteroatoms. The molecule has 0 fully saturated rings. The first-order chi connectivity index (χ1) is 9.77. The van der Waals surface area contributed by atoms with E-state index in [4.69, 9.17) is 0 Å². The highest BCUT2D eigenvalue weighted by Gasteiger charge is 2.23. The summed E-state index contributed by atoms with van der Waals surface area (Å²) in [6.07, 6.45) is 2.16. The number of nitro groups is 1. The molecule has 1 rings (SSSR count). The van der Waals surface area contributed by atoms with Gasteiger partial charge in [-0.2, -0.15) is 4.98 Å². The van der Waals surface area contributed by atoms with Crippen LogP contribution in [0.2, 0.25) is 0 Å². The molecule has 0 amide bonds. The minimum Gasteiger partial charge on any atom is -0.362 e. The van der Waals surface area contributed by atoms with Crippen LogP contribution in [-0.2, 0) is 0 Å². The molecule has 0 aliphatic carbocycles. The topological polar surface area (TPSA) is 96.2 Å². The van der Waals surface area contributed by atoms with Crippen LogP contribution in [0, 0.1) is 10.1 Å². The number of hydrogen-bond donors (Lipinski definition) is 2. The second-order valence-corrected chi connectivity index (χ2v) is 5.67. The molecule has 0 spiro atoms. The summed E-state index contributed by atoms with van der Waals surface area (Å²) >= 11 is 0. The lowest BCUT2D eigenvalue weighted by atomic mass is 10.0. The Kier molecular flexibility index (Phi) is 5.83. The lowest BCUT2D eigenvalue weighted by molar-refractivity contribution is -0.384. The third-order valence-electron chi connectivity index (χ3n) is 3.40. The van der Waals surface area contributed by atoms with Crippen LogP contribution in [0.15, 0.2) is 6.20 Å². The van der Waals surface area contributed by atoms with Crippen LogP contribution < -0.4 is 10.6 Å². The van der Waals surface area contributed by atoms with Gasteiger partial charge in [0, 0.05) is 18.6 Å². The monoisotopic (exact) mass is 296 g/mol. The van der Waals surface area contributed by atoms with Crippen molar-refractivity contribution in [3.63, 3.8) is 0 Å². The molecule has 8 nitrogen and oxygen atoms in total. The smallest absolute Gasteiger partial charge is 0.329 e. The molecular weight excluding hydrogens is 272 g/mol. The van der Waals surface area contributed by atoms with Crippen molar-refractivity contribution in [1.29, 1.82) is 0 Å². The lowest BCUT2D eigenvalue weighted by Gasteiger charge is -2.32. The Balaban J connectivity index is 2.93. The van der Waals surface area contributed by atoms with Gasteiger partial charge < -0.3 is 15.5 Å². The first-order valence-electron chi connectivity index (χ1n) is 6.94. The van der Waals surface area contributed by atoms with Crippen LogP contribution in [0.25, 0.3) is 0 Å². The zero-order valence-corrected chi connectivity index (χ0v) is 13.3. The van der Waals surface area contributed by atoms with E-state index in [0.717, 1.165) is 13.0 Å². The Morgan fingerprint density at radius 2 is 2.05 bits per heavy atom. The fourth-order valence-electron chi connectivity index (χ4n) is 1.42. The molecule has 0 unspecified atom stereocenters. The largest absolute Gasteiger partial charge is 0.362 e. The Hall–Kier alpha value is -1.96. The molecule has 0 saturated carbocycles. The molecule has 0 saturated heterocycles. The number of nitrogens with one attached hydrogen (secondary N) is 2. The first-order valence-corrected chi connectivity index (χ1v) is 6.94. The Labute approximate surface area is 125 Å². The third kappa shape index (κ3) is 4.82. The van der Waals surface area contributed by atoms with Crippen molar-refractivity contribution in [3.05, 3.63) is 16.3 Å². The van der Waals surface area contributed by atoms with Gasteiger partial charge in [0.25, 0.3) is 0 Å². The fraction of sp³-hybridized carbons (Fsp3) is 0.692. The summed E-state index contributed by atoms with van der Waals surface area (Å²) in [6.45, 7) is 7.37. The molecule has 0 aromatic carbocycles. The van der Waals surface area contributed by atoms with Gasteiger partial charge >= 0.3 is 5.69 Å². The molecule has 0 aliphatic rings. The number of anilines is 2. The second-order valence-electron chi connectivity index (χ2n) is 5.67. The third-order valence-corrected chi connectivity index (χ3v) is 3.40. The zero-order valence-electron chi connectivity index (χ0n) is 13.3. The van der Waals surface area contributed by atoms with E-state index >= 15 is 0 Å². The molecule has 2 N–H and O–H groups in total. The van der Waals surface area contributed by atoms with Crippen molar-refractivity contribution in [2.24, 2.45) is 0 Å². The van der Waals surface area contributed by atoms with Crippen LogP contribution in [-0.4, -0.2) is 52.5 Å². The highest BCUT2D eigenvalue weighted by Crippen LogP contribution is 2.23. The number of likely N-dealkylation sites (N-methyl/N-ethyl adjacent to an activating group) is 1. The summed E-state index contributed by atoms with van der Waals surface area (Å²) in [7, 11) is 3.93. The van der Waals surface area contributed by atoms with Crippen molar-refractivity contribution in [3.8, 4) is 0 Å². The number of aromatic nitrogens is 2. The molecule has 1 aromatic rings. The predicted molar refractivity (Wildman–Crippen MR) is 83.7 cm³/mol. The van der Waals surface area contributed by atoms with Crippen LogP contribution in [0.3, 0.4) is 0 Å². The van der Waals surface area contributed by atoms with Crippen molar-refractivity contribution < 1.29 is 4.92 Å². The maximum atomic E-state index is 11.1. The van der Waals surface area contributed by atoms with Crippen LogP contribution in [0.5, 0.6) is 0 Å². The van der Waals surface area contributed by atoms with Crippen molar-refractivity contribution in [1.82, 2.24) is 14.9 Å². The molecule has 1 aromatic heterocycles. The molecule has 21 heavy (non-hydrogen) atoms. The van der Waals surface area contributed by atoms with Gasteiger partial charge in [-0.05, 0) is 34.4 Å². The fourth-order valence-corrected chi connectivity index (χ4v) is 1.42. The van der Waals surface area contributed by atoms with E-state index in [1.807, 2.05) is 39.8 Å². The second kappa shape index (κ2) is 7.16. The highest BCUT2D eigenvalue weighted by molar-refractivity contribution is 5.57. The van der Waals surface area contributed by atoms with Gasteiger partial charge in [0.15, 0.2) is 0 Å². The molecule has 0 radical (unpaired) electrons.